The minimum Gasteiger partial charge on any atom is -0.465 e. The van der Waals surface area contributed by atoms with Gasteiger partial charge in [0.1, 0.15) is 5.76 Å². The molecule has 0 aliphatic carbocycles. The Morgan fingerprint density at radius 3 is 2.94 bits per heavy atom. The van der Waals surface area contributed by atoms with Gasteiger partial charge >= 0.3 is 0 Å². The molecule has 0 bridgehead atoms. The van der Waals surface area contributed by atoms with Crippen molar-refractivity contribution in [3.05, 3.63) is 59.5 Å². The number of anilines is 1. The minimum absolute atomic E-state index is 0.736. The SMILES string of the molecule is Clc1cccc(NC/C=C/c2ccco2)c1. The molecule has 1 N–H and O–H groups in total. The van der Waals surface area contributed by atoms with E-state index in [0.29, 0.717) is 0 Å². The summed E-state index contributed by atoms with van der Waals surface area (Å²) >= 11 is 5.87. The zero-order valence-electron chi connectivity index (χ0n) is 8.69. The van der Waals surface area contributed by atoms with E-state index >= 15 is 0 Å². The van der Waals surface area contributed by atoms with Crippen LogP contribution < -0.4 is 5.32 Å². The van der Waals surface area contributed by atoms with Crippen LogP contribution in [0.4, 0.5) is 5.69 Å². The van der Waals surface area contributed by atoms with Crippen molar-refractivity contribution < 1.29 is 4.42 Å². The molecule has 2 nitrogen and oxygen atoms in total. The fraction of sp³-hybridized carbons (Fsp3) is 0.0769. The normalized spacial score (nSPS) is 10.8. The molecule has 0 fully saturated rings. The summed E-state index contributed by atoms with van der Waals surface area (Å²) in [5.74, 6) is 0.855. The maximum atomic E-state index is 5.87. The van der Waals surface area contributed by atoms with Crippen LogP contribution in [0, 0.1) is 0 Å². The molecule has 1 aromatic heterocycles. The highest BCUT2D eigenvalue weighted by Gasteiger charge is 1.91. The Labute approximate surface area is 99.5 Å². The van der Waals surface area contributed by atoms with Gasteiger partial charge < -0.3 is 9.73 Å². The molecular weight excluding hydrogens is 222 g/mol. The number of hydrogen-bond donors (Lipinski definition) is 1. The Kier molecular flexibility index (Phi) is 3.67. The second-order valence-corrected chi connectivity index (χ2v) is 3.75. The first-order valence-electron chi connectivity index (χ1n) is 5.04. The monoisotopic (exact) mass is 233 g/mol. The van der Waals surface area contributed by atoms with Gasteiger partial charge in [-0.15, -0.1) is 0 Å². The van der Waals surface area contributed by atoms with Crippen LogP contribution in [0.1, 0.15) is 5.76 Å². The largest absolute Gasteiger partial charge is 0.465 e. The van der Waals surface area contributed by atoms with Crippen molar-refractivity contribution >= 4 is 23.4 Å². The van der Waals surface area contributed by atoms with Crippen LogP contribution in [0.25, 0.3) is 6.08 Å². The Balaban J connectivity index is 1.84. The van der Waals surface area contributed by atoms with E-state index in [1.54, 1.807) is 6.26 Å². The third kappa shape index (κ3) is 3.17. The second kappa shape index (κ2) is 5.42. The standard InChI is InChI=1S/C13H12ClNO/c14-11-4-1-5-12(10-11)15-8-2-6-13-7-3-9-16-13/h1-7,9-10,15H,8H2/b6-2+. The van der Waals surface area contributed by atoms with Crippen LogP contribution in [0.15, 0.2) is 53.2 Å². The summed E-state index contributed by atoms with van der Waals surface area (Å²) < 4.78 is 5.17. The highest BCUT2D eigenvalue weighted by Crippen LogP contribution is 2.14. The third-order valence-electron chi connectivity index (χ3n) is 2.07. The number of hydrogen-bond acceptors (Lipinski definition) is 2. The number of furan rings is 1. The summed E-state index contributed by atoms with van der Waals surface area (Å²) in [6.45, 7) is 0.737. The average Bonchev–Trinajstić information content (AvgIpc) is 2.77. The maximum absolute atomic E-state index is 5.87. The van der Waals surface area contributed by atoms with Crippen molar-refractivity contribution in [1.82, 2.24) is 0 Å². The van der Waals surface area contributed by atoms with Crippen molar-refractivity contribution in [2.75, 3.05) is 11.9 Å². The molecule has 0 radical (unpaired) electrons. The summed E-state index contributed by atoms with van der Waals surface area (Å²) in [5.41, 5.74) is 1.01. The van der Waals surface area contributed by atoms with E-state index in [9.17, 15) is 0 Å². The summed E-state index contributed by atoms with van der Waals surface area (Å²) in [7, 11) is 0. The van der Waals surface area contributed by atoms with Crippen LogP contribution in [0.3, 0.4) is 0 Å². The predicted molar refractivity (Wildman–Crippen MR) is 67.7 cm³/mol. The molecule has 0 saturated heterocycles. The lowest BCUT2D eigenvalue weighted by Crippen LogP contribution is -1.97. The fourth-order valence-corrected chi connectivity index (χ4v) is 1.53. The average molecular weight is 234 g/mol. The highest BCUT2D eigenvalue weighted by atomic mass is 35.5. The van der Waals surface area contributed by atoms with E-state index < -0.39 is 0 Å². The van der Waals surface area contributed by atoms with Gasteiger partial charge in [-0.3, -0.25) is 0 Å². The first kappa shape index (κ1) is 10.8. The lowest BCUT2D eigenvalue weighted by atomic mass is 10.3. The topological polar surface area (TPSA) is 25.2 Å². The molecule has 0 unspecified atom stereocenters. The van der Waals surface area contributed by atoms with Gasteiger partial charge in [0.15, 0.2) is 0 Å². The molecule has 1 heterocycles. The number of rotatable bonds is 4. The lowest BCUT2D eigenvalue weighted by molar-refractivity contribution is 0.557. The summed E-state index contributed by atoms with van der Waals surface area (Å²) in [6.07, 6.45) is 5.58. The summed E-state index contributed by atoms with van der Waals surface area (Å²) in [6, 6.07) is 11.4. The van der Waals surface area contributed by atoms with Crippen LogP contribution >= 0.6 is 11.6 Å². The summed E-state index contributed by atoms with van der Waals surface area (Å²) in [5, 5.41) is 3.97. The first-order chi connectivity index (χ1) is 7.84. The van der Waals surface area contributed by atoms with Gasteiger partial charge in [0.05, 0.1) is 6.26 Å². The first-order valence-corrected chi connectivity index (χ1v) is 5.42. The van der Waals surface area contributed by atoms with E-state index in [2.05, 4.69) is 5.32 Å². The molecule has 0 amide bonds. The van der Waals surface area contributed by atoms with Crippen molar-refractivity contribution in [2.24, 2.45) is 0 Å². The maximum Gasteiger partial charge on any atom is 0.126 e. The van der Waals surface area contributed by atoms with Gasteiger partial charge in [0, 0.05) is 17.3 Å². The molecule has 0 saturated carbocycles. The van der Waals surface area contributed by atoms with E-state index in [4.69, 9.17) is 16.0 Å². The van der Waals surface area contributed by atoms with Crippen molar-refractivity contribution in [3.63, 3.8) is 0 Å². The van der Waals surface area contributed by atoms with Gasteiger partial charge in [-0.25, -0.2) is 0 Å². The van der Waals surface area contributed by atoms with Crippen LogP contribution in [-0.2, 0) is 0 Å². The number of benzene rings is 1. The van der Waals surface area contributed by atoms with Crippen LogP contribution in [-0.4, -0.2) is 6.54 Å². The van der Waals surface area contributed by atoms with Gasteiger partial charge in [-0.2, -0.15) is 0 Å². The molecule has 3 heteroatoms. The van der Waals surface area contributed by atoms with Gasteiger partial charge in [-0.1, -0.05) is 23.7 Å². The Morgan fingerprint density at radius 1 is 1.25 bits per heavy atom. The molecule has 82 valence electrons. The lowest BCUT2D eigenvalue weighted by Gasteiger charge is -2.02. The van der Waals surface area contributed by atoms with Crippen LogP contribution in [0.2, 0.25) is 5.02 Å². The summed E-state index contributed by atoms with van der Waals surface area (Å²) in [4.78, 5) is 0. The molecule has 1 aromatic carbocycles. The zero-order chi connectivity index (χ0) is 11.2. The van der Waals surface area contributed by atoms with Crippen molar-refractivity contribution in [1.29, 1.82) is 0 Å². The molecular formula is C13H12ClNO. The molecule has 0 spiro atoms. The Hall–Kier alpha value is -1.67. The number of halogens is 1. The van der Waals surface area contributed by atoms with E-state index in [1.807, 2.05) is 48.6 Å². The predicted octanol–water partition coefficient (Wildman–Crippen LogP) is 4.06. The molecule has 2 aromatic rings. The fourth-order valence-electron chi connectivity index (χ4n) is 1.34. The van der Waals surface area contributed by atoms with E-state index in [-0.39, 0.29) is 0 Å². The highest BCUT2D eigenvalue weighted by molar-refractivity contribution is 6.30. The molecule has 0 atom stereocenters. The van der Waals surface area contributed by atoms with Crippen molar-refractivity contribution in [3.8, 4) is 0 Å². The Bertz CT molecular complexity index is 463. The number of nitrogens with one attached hydrogen (secondary N) is 1. The molecule has 0 aliphatic rings. The second-order valence-electron chi connectivity index (χ2n) is 3.31. The minimum atomic E-state index is 0.736. The molecule has 16 heavy (non-hydrogen) atoms. The zero-order valence-corrected chi connectivity index (χ0v) is 9.45. The van der Waals surface area contributed by atoms with Gasteiger partial charge in [-0.05, 0) is 36.4 Å². The Morgan fingerprint density at radius 2 is 2.19 bits per heavy atom. The van der Waals surface area contributed by atoms with Crippen LogP contribution in [0.5, 0.6) is 0 Å². The third-order valence-corrected chi connectivity index (χ3v) is 2.31. The van der Waals surface area contributed by atoms with Gasteiger partial charge in [0.2, 0.25) is 0 Å². The van der Waals surface area contributed by atoms with E-state index in [0.717, 1.165) is 23.0 Å². The molecule has 0 aliphatic heterocycles. The molecule has 2 rings (SSSR count). The smallest absolute Gasteiger partial charge is 0.126 e. The quantitative estimate of drug-likeness (QED) is 0.862. The van der Waals surface area contributed by atoms with Crippen molar-refractivity contribution in [2.45, 2.75) is 0 Å². The van der Waals surface area contributed by atoms with Gasteiger partial charge in [0.25, 0.3) is 0 Å². The van der Waals surface area contributed by atoms with E-state index in [1.165, 1.54) is 0 Å².